The van der Waals surface area contributed by atoms with Crippen LogP contribution in [0.1, 0.15) is 19.3 Å². The molecule has 0 saturated carbocycles. The van der Waals surface area contributed by atoms with E-state index in [2.05, 4.69) is 5.32 Å². The van der Waals surface area contributed by atoms with Gasteiger partial charge >= 0.3 is 0 Å². The van der Waals surface area contributed by atoms with Crippen LogP contribution < -0.4 is 5.32 Å². The molecule has 0 aromatic rings. The second-order valence-corrected chi connectivity index (χ2v) is 3.10. The van der Waals surface area contributed by atoms with Gasteiger partial charge in [0.2, 0.25) is 5.91 Å². The van der Waals surface area contributed by atoms with Crippen LogP contribution in [0.5, 0.6) is 0 Å². The Balaban J connectivity index is 2.56. The normalized spacial score (nSPS) is 26.9. The van der Waals surface area contributed by atoms with Crippen LogP contribution in [0.15, 0.2) is 0 Å². The van der Waals surface area contributed by atoms with Gasteiger partial charge in [-0.05, 0) is 26.3 Å². The van der Waals surface area contributed by atoms with Gasteiger partial charge in [0, 0.05) is 13.6 Å². The molecule has 1 rings (SSSR count). The number of carbonyl (C=O) groups is 1. The number of amides is 1. The molecule has 1 atom stereocenters. The van der Waals surface area contributed by atoms with E-state index in [9.17, 15) is 4.79 Å². The van der Waals surface area contributed by atoms with Crippen LogP contribution in [0, 0.1) is 0 Å². The predicted octanol–water partition coefficient (Wildman–Crippen LogP) is 0.217. The van der Waals surface area contributed by atoms with Crippen molar-refractivity contribution in [2.24, 2.45) is 0 Å². The van der Waals surface area contributed by atoms with Crippen LogP contribution >= 0.6 is 0 Å². The first kappa shape index (κ1) is 8.53. The van der Waals surface area contributed by atoms with E-state index in [0.717, 1.165) is 25.8 Å². The van der Waals surface area contributed by atoms with Gasteiger partial charge in [0.15, 0.2) is 0 Å². The molecule has 11 heavy (non-hydrogen) atoms. The summed E-state index contributed by atoms with van der Waals surface area (Å²) < 4.78 is 0. The minimum absolute atomic E-state index is 0.0579. The van der Waals surface area contributed by atoms with E-state index in [-0.39, 0.29) is 11.9 Å². The number of likely N-dealkylation sites (tertiary alicyclic amines) is 1. The van der Waals surface area contributed by atoms with Gasteiger partial charge < -0.3 is 10.2 Å². The highest BCUT2D eigenvalue weighted by atomic mass is 16.2. The molecule has 1 unspecified atom stereocenters. The summed E-state index contributed by atoms with van der Waals surface area (Å²) in [6.07, 6.45) is 3.28. The SMILES string of the molecule is CNC1CCCCN(C)C1=O. The van der Waals surface area contributed by atoms with Crippen molar-refractivity contribution < 1.29 is 4.79 Å². The number of hydrogen-bond acceptors (Lipinski definition) is 2. The standard InChI is InChI=1S/C8H16N2O/c1-9-7-5-3-4-6-10(2)8(7)11/h7,9H,3-6H2,1-2H3. The van der Waals surface area contributed by atoms with Crippen molar-refractivity contribution in [1.29, 1.82) is 0 Å². The third-order valence-electron chi connectivity index (χ3n) is 2.26. The maximum absolute atomic E-state index is 11.4. The van der Waals surface area contributed by atoms with Gasteiger partial charge in [0.05, 0.1) is 6.04 Å². The first-order valence-corrected chi connectivity index (χ1v) is 4.18. The Morgan fingerprint density at radius 1 is 1.55 bits per heavy atom. The van der Waals surface area contributed by atoms with E-state index in [0.29, 0.717) is 0 Å². The highest BCUT2D eigenvalue weighted by Crippen LogP contribution is 2.09. The van der Waals surface area contributed by atoms with Crippen molar-refractivity contribution in [1.82, 2.24) is 10.2 Å². The van der Waals surface area contributed by atoms with Crippen molar-refractivity contribution in [3.05, 3.63) is 0 Å². The molecule has 1 saturated heterocycles. The lowest BCUT2D eigenvalue weighted by Crippen LogP contribution is -2.41. The van der Waals surface area contributed by atoms with E-state index in [1.54, 1.807) is 0 Å². The van der Waals surface area contributed by atoms with Gasteiger partial charge in [0.1, 0.15) is 0 Å². The van der Waals surface area contributed by atoms with Crippen LogP contribution in [0.4, 0.5) is 0 Å². The smallest absolute Gasteiger partial charge is 0.239 e. The second kappa shape index (κ2) is 3.72. The topological polar surface area (TPSA) is 32.3 Å². The summed E-state index contributed by atoms with van der Waals surface area (Å²) in [6, 6.07) is 0.0579. The van der Waals surface area contributed by atoms with E-state index < -0.39 is 0 Å². The Kier molecular flexibility index (Phi) is 2.88. The molecule has 1 aliphatic rings. The Labute approximate surface area is 67.8 Å². The number of nitrogens with one attached hydrogen (secondary N) is 1. The molecule has 3 heteroatoms. The van der Waals surface area contributed by atoms with Crippen LogP contribution in [0.25, 0.3) is 0 Å². The fourth-order valence-electron chi connectivity index (χ4n) is 1.46. The average molecular weight is 156 g/mol. The van der Waals surface area contributed by atoms with Gasteiger partial charge in [-0.3, -0.25) is 4.79 Å². The molecule has 3 nitrogen and oxygen atoms in total. The molecule has 1 heterocycles. The first-order valence-electron chi connectivity index (χ1n) is 4.18. The van der Waals surface area contributed by atoms with Crippen molar-refractivity contribution in [3.8, 4) is 0 Å². The van der Waals surface area contributed by atoms with Gasteiger partial charge in [0.25, 0.3) is 0 Å². The van der Waals surface area contributed by atoms with E-state index in [1.807, 2.05) is 19.0 Å². The second-order valence-electron chi connectivity index (χ2n) is 3.10. The van der Waals surface area contributed by atoms with E-state index in [4.69, 9.17) is 0 Å². The maximum Gasteiger partial charge on any atom is 0.239 e. The lowest BCUT2D eigenvalue weighted by atomic mass is 10.1. The van der Waals surface area contributed by atoms with Gasteiger partial charge in [-0.15, -0.1) is 0 Å². The number of nitrogens with zero attached hydrogens (tertiary/aromatic N) is 1. The third-order valence-corrected chi connectivity index (χ3v) is 2.26. The quantitative estimate of drug-likeness (QED) is 0.589. The van der Waals surface area contributed by atoms with Gasteiger partial charge in [-0.2, -0.15) is 0 Å². The molecule has 1 N–H and O–H groups in total. The lowest BCUT2D eigenvalue weighted by molar-refractivity contribution is -0.131. The number of hydrogen-bond donors (Lipinski definition) is 1. The van der Waals surface area contributed by atoms with Crippen LogP contribution in [0.2, 0.25) is 0 Å². The Bertz CT molecular complexity index is 147. The first-order chi connectivity index (χ1) is 5.25. The zero-order valence-corrected chi connectivity index (χ0v) is 7.26. The number of likely N-dealkylation sites (N-methyl/N-ethyl adjacent to an activating group) is 2. The molecule has 0 radical (unpaired) electrons. The predicted molar refractivity (Wildman–Crippen MR) is 44.3 cm³/mol. The summed E-state index contributed by atoms with van der Waals surface area (Å²) in [5.74, 6) is 0.241. The van der Waals surface area contributed by atoms with Crippen molar-refractivity contribution >= 4 is 5.91 Å². The van der Waals surface area contributed by atoms with Crippen LogP contribution in [0.3, 0.4) is 0 Å². The van der Waals surface area contributed by atoms with Gasteiger partial charge in [-0.25, -0.2) is 0 Å². The Morgan fingerprint density at radius 2 is 2.27 bits per heavy atom. The summed E-state index contributed by atoms with van der Waals surface area (Å²) in [7, 11) is 3.72. The van der Waals surface area contributed by atoms with Crippen molar-refractivity contribution in [3.63, 3.8) is 0 Å². The molecule has 0 spiro atoms. The third kappa shape index (κ3) is 1.93. The summed E-state index contributed by atoms with van der Waals surface area (Å²) in [6.45, 7) is 0.914. The molecule has 1 fully saturated rings. The molecular formula is C8H16N2O. The largest absolute Gasteiger partial charge is 0.344 e. The Hall–Kier alpha value is -0.570. The molecule has 0 aromatic carbocycles. The van der Waals surface area contributed by atoms with Crippen molar-refractivity contribution in [2.45, 2.75) is 25.3 Å². The summed E-state index contributed by atoms with van der Waals surface area (Å²) >= 11 is 0. The minimum Gasteiger partial charge on any atom is -0.344 e. The highest BCUT2D eigenvalue weighted by Gasteiger charge is 2.22. The lowest BCUT2D eigenvalue weighted by Gasteiger charge is -2.18. The number of rotatable bonds is 1. The van der Waals surface area contributed by atoms with Gasteiger partial charge in [-0.1, -0.05) is 0 Å². The fraction of sp³-hybridized carbons (Fsp3) is 0.875. The fourth-order valence-corrected chi connectivity index (χ4v) is 1.46. The van der Waals surface area contributed by atoms with Crippen LogP contribution in [-0.2, 0) is 4.79 Å². The molecule has 1 aliphatic heterocycles. The molecule has 0 bridgehead atoms. The number of carbonyl (C=O) groups excluding carboxylic acids is 1. The van der Waals surface area contributed by atoms with E-state index in [1.165, 1.54) is 0 Å². The van der Waals surface area contributed by atoms with Crippen molar-refractivity contribution in [2.75, 3.05) is 20.6 Å². The van der Waals surface area contributed by atoms with E-state index >= 15 is 0 Å². The summed E-state index contributed by atoms with van der Waals surface area (Å²) in [5.41, 5.74) is 0. The maximum atomic E-state index is 11.4. The Morgan fingerprint density at radius 3 is 2.91 bits per heavy atom. The molecule has 64 valence electrons. The molecular weight excluding hydrogens is 140 g/mol. The summed E-state index contributed by atoms with van der Waals surface area (Å²) in [4.78, 5) is 13.3. The summed E-state index contributed by atoms with van der Waals surface area (Å²) in [5, 5.41) is 3.03. The average Bonchev–Trinajstić information content (AvgIpc) is 2.16. The molecule has 0 aromatic heterocycles. The molecule has 1 amide bonds. The molecule has 0 aliphatic carbocycles. The van der Waals surface area contributed by atoms with Crippen LogP contribution in [-0.4, -0.2) is 37.5 Å². The monoisotopic (exact) mass is 156 g/mol. The highest BCUT2D eigenvalue weighted by molar-refractivity contribution is 5.81. The zero-order valence-electron chi connectivity index (χ0n) is 7.26. The minimum atomic E-state index is 0.0579. The zero-order chi connectivity index (χ0) is 8.27.